The Morgan fingerprint density at radius 3 is 2.48 bits per heavy atom. The van der Waals surface area contributed by atoms with Crippen LogP contribution in [0.1, 0.15) is 44.1 Å². The van der Waals surface area contributed by atoms with E-state index in [1.807, 2.05) is 0 Å². The summed E-state index contributed by atoms with van der Waals surface area (Å²) >= 11 is 0. The standard InChI is InChI=1S/C15H23FN2O2S/c1-17-11-12-8-9-13(16)10-15(12)21(19,20)18-14-6-4-2-3-5-7-14/h8-10,14,17-18H,2-7,11H2,1H3. The van der Waals surface area contributed by atoms with E-state index in [1.165, 1.54) is 12.1 Å². The van der Waals surface area contributed by atoms with E-state index in [4.69, 9.17) is 0 Å². The number of nitrogens with one attached hydrogen (secondary N) is 2. The molecule has 1 aliphatic rings. The third-order valence-electron chi connectivity index (χ3n) is 3.86. The SMILES string of the molecule is CNCc1ccc(F)cc1S(=O)(=O)NC1CCCCCC1. The Kier molecular flexibility index (Phi) is 5.72. The van der Waals surface area contributed by atoms with Gasteiger partial charge in [-0.2, -0.15) is 0 Å². The monoisotopic (exact) mass is 314 g/mol. The summed E-state index contributed by atoms with van der Waals surface area (Å²) in [7, 11) is -1.95. The normalized spacial score (nSPS) is 17.6. The zero-order valence-electron chi connectivity index (χ0n) is 12.4. The van der Waals surface area contributed by atoms with Crippen molar-refractivity contribution in [3.63, 3.8) is 0 Å². The van der Waals surface area contributed by atoms with Crippen LogP contribution in [-0.4, -0.2) is 21.5 Å². The van der Waals surface area contributed by atoms with Crippen molar-refractivity contribution in [3.05, 3.63) is 29.6 Å². The molecule has 0 amide bonds. The fourth-order valence-electron chi connectivity index (χ4n) is 2.80. The van der Waals surface area contributed by atoms with Gasteiger partial charge in [0.1, 0.15) is 5.82 Å². The summed E-state index contributed by atoms with van der Waals surface area (Å²) in [4.78, 5) is 0.0427. The van der Waals surface area contributed by atoms with Crippen LogP contribution in [0.4, 0.5) is 4.39 Å². The van der Waals surface area contributed by atoms with Gasteiger partial charge in [-0.25, -0.2) is 17.5 Å². The minimum atomic E-state index is -3.68. The Bertz CT molecular complexity index is 567. The van der Waals surface area contributed by atoms with Gasteiger partial charge in [0.15, 0.2) is 0 Å². The third-order valence-corrected chi connectivity index (χ3v) is 5.47. The molecule has 0 aliphatic heterocycles. The summed E-state index contributed by atoms with van der Waals surface area (Å²) in [5, 5.41) is 2.91. The molecule has 0 unspecified atom stereocenters. The van der Waals surface area contributed by atoms with Crippen molar-refractivity contribution >= 4 is 10.0 Å². The predicted octanol–water partition coefficient (Wildman–Crippen LogP) is 2.55. The van der Waals surface area contributed by atoms with Crippen LogP contribution in [0.2, 0.25) is 0 Å². The van der Waals surface area contributed by atoms with Crippen LogP contribution in [0.3, 0.4) is 0 Å². The van der Waals surface area contributed by atoms with Gasteiger partial charge in [0, 0.05) is 12.6 Å². The number of halogens is 1. The maximum Gasteiger partial charge on any atom is 0.241 e. The minimum Gasteiger partial charge on any atom is -0.316 e. The van der Waals surface area contributed by atoms with Crippen molar-refractivity contribution in [1.29, 1.82) is 0 Å². The zero-order valence-corrected chi connectivity index (χ0v) is 13.2. The smallest absolute Gasteiger partial charge is 0.241 e. The van der Waals surface area contributed by atoms with Gasteiger partial charge >= 0.3 is 0 Å². The largest absolute Gasteiger partial charge is 0.316 e. The van der Waals surface area contributed by atoms with Gasteiger partial charge < -0.3 is 5.32 Å². The van der Waals surface area contributed by atoms with E-state index in [2.05, 4.69) is 10.0 Å². The molecule has 0 atom stereocenters. The molecule has 1 aliphatic carbocycles. The van der Waals surface area contributed by atoms with Crippen molar-refractivity contribution < 1.29 is 12.8 Å². The zero-order chi connectivity index (χ0) is 15.3. The number of hydrogen-bond acceptors (Lipinski definition) is 3. The predicted molar refractivity (Wildman–Crippen MR) is 81.0 cm³/mol. The molecule has 2 rings (SSSR count). The Labute approximate surface area is 126 Å². The first-order valence-electron chi connectivity index (χ1n) is 7.48. The highest BCUT2D eigenvalue weighted by molar-refractivity contribution is 7.89. The lowest BCUT2D eigenvalue weighted by Gasteiger charge is -2.18. The molecule has 0 heterocycles. The summed E-state index contributed by atoms with van der Waals surface area (Å²) in [6, 6.07) is 3.87. The maximum absolute atomic E-state index is 13.4. The molecular weight excluding hydrogens is 291 g/mol. The minimum absolute atomic E-state index is 0.0387. The number of benzene rings is 1. The average Bonchev–Trinajstić information content (AvgIpc) is 2.69. The van der Waals surface area contributed by atoms with Crippen molar-refractivity contribution in [3.8, 4) is 0 Å². The van der Waals surface area contributed by atoms with E-state index in [1.54, 1.807) is 7.05 Å². The molecule has 0 spiro atoms. The molecular formula is C15H23FN2O2S. The van der Waals surface area contributed by atoms with Gasteiger partial charge in [-0.05, 0) is 37.6 Å². The fourth-order valence-corrected chi connectivity index (χ4v) is 4.35. The first-order valence-corrected chi connectivity index (χ1v) is 8.96. The van der Waals surface area contributed by atoms with Crippen LogP contribution in [0.15, 0.2) is 23.1 Å². The molecule has 6 heteroatoms. The van der Waals surface area contributed by atoms with Crippen LogP contribution in [0.5, 0.6) is 0 Å². The van der Waals surface area contributed by atoms with E-state index in [0.717, 1.165) is 44.6 Å². The second-order valence-electron chi connectivity index (χ2n) is 5.59. The average molecular weight is 314 g/mol. The summed E-state index contributed by atoms with van der Waals surface area (Å²) in [6.07, 6.45) is 6.11. The molecule has 118 valence electrons. The second-order valence-corrected chi connectivity index (χ2v) is 7.27. The van der Waals surface area contributed by atoms with Crippen LogP contribution in [-0.2, 0) is 16.6 Å². The van der Waals surface area contributed by atoms with Gasteiger partial charge in [0.25, 0.3) is 0 Å². The van der Waals surface area contributed by atoms with Gasteiger partial charge in [-0.15, -0.1) is 0 Å². The number of rotatable bonds is 5. The highest BCUT2D eigenvalue weighted by Crippen LogP contribution is 2.22. The Balaban J connectivity index is 2.23. The molecule has 4 nitrogen and oxygen atoms in total. The van der Waals surface area contributed by atoms with E-state index in [-0.39, 0.29) is 10.9 Å². The summed E-state index contributed by atoms with van der Waals surface area (Å²) in [6.45, 7) is 0.390. The van der Waals surface area contributed by atoms with Gasteiger partial charge in [0.05, 0.1) is 4.90 Å². The highest BCUT2D eigenvalue weighted by atomic mass is 32.2. The van der Waals surface area contributed by atoms with Crippen molar-refractivity contribution in [2.75, 3.05) is 7.05 Å². The Hall–Kier alpha value is -0.980. The fraction of sp³-hybridized carbons (Fsp3) is 0.600. The van der Waals surface area contributed by atoms with Gasteiger partial charge in [-0.1, -0.05) is 31.7 Å². The first kappa shape index (κ1) is 16.4. The molecule has 1 aromatic rings. The molecule has 1 aromatic carbocycles. The highest BCUT2D eigenvalue weighted by Gasteiger charge is 2.23. The van der Waals surface area contributed by atoms with Crippen molar-refractivity contribution in [2.24, 2.45) is 0 Å². The maximum atomic E-state index is 13.4. The Morgan fingerprint density at radius 2 is 1.86 bits per heavy atom. The van der Waals surface area contributed by atoms with Crippen LogP contribution in [0.25, 0.3) is 0 Å². The van der Waals surface area contributed by atoms with Gasteiger partial charge in [0.2, 0.25) is 10.0 Å². The Morgan fingerprint density at radius 1 is 1.19 bits per heavy atom. The first-order chi connectivity index (χ1) is 10.0. The lowest BCUT2D eigenvalue weighted by Crippen LogP contribution is -2.35. The summed E-state index contributed by atoms with van der Waals surface area (Å²) < 4.78 is 41.3. The lowest BCUT2D eigenvalue weighted by molar-refractivity contribution is 0.508. The summed E-state index contributed by atoms with van der Waals surface area (Å²) in [5.74, 6) is -0.531. The van der Waals surface area contributed by atoms with E-state index < -0.39 is 15.8 Å². The van der Waals surface area contributed by atoms with Crippen molar-refractivity contribution in [2.45, 2.75) is 56.0 Å². The van der Waals surface area contributed by atoms with Crippen LogP contribution in [0, 0.1) is 5.82 Å². The molecule has 1 fully saturated rings. The van der Waals surface area contributed by atoms with E-state index in [0.29, 0.717) is 12.1 Å². The van der Waals surface area contributed by atoms with E-state index in [9.17, 15) is 12.8 Å². The molecule has 0 bridgehead atoms. The van der Waals surface area contributed by atoms with Crippen molar-refractivity contribution in [1.82, 2.24) is 10.0 Å². The molecule has 0 radical (unpaired) electrons. The molecule has 1 saturated carbocycles. The quantitative estimate of drug-likeness (QED) is 0.821. The molecule has 21 heavy (non-hydrogen) atoms. The molecule has 0 saturated heterocycles. The van der Waals surface area contributed by atoms with E-state index >= 15 is 0 Å². The lowest BCUT2D eigenvalue weighted by atomic mass is 10.1. The topological polar surface area (TPSA) is 58.2 Å². The molecule has 0 aromatic heterocycles. The summed E-state index contributed by atoms with van der Waals surface area (Å²) in [5.41, 5.74) is 0.583. The van der Waals surface area contributed by atoms with Crippen LogP contribution >= 0.6 is 0 Å². The third kappa shape index (κ3) is 4.49. The molecule has 2 N–H and O–H groups in total. The van der Waals surface area contributed by atoms with Crippen LogP contribution < -0.4 is 10.0 Å². The number of sulfonamides is 1. The van der Waals surface area contributed by atoms with Gasteiger partial charge in [-0.3, -0.25) is 0 Å². The number of hydrogen-bond donors (Lipinski definition) is 2. The second kappa shape index (κ2) is 7.33.